The Morgan fingerprint density at radius 2 is 2.33 bits per heavy atom. The van der Waals surface area contributed by atoms with Crippen molar-refractivity contribution in [3.05, 3.63) is 16.3 Å². The number of hydrogen-bond donors (Lipinski definition) is 1. The third-order valence-corrected chi connectivity index (χ3v) is 6.20. The number of sulfonamides is 1. The molecule has 18 heavy (non-hydrogen) atoms. The summed E-state index contributed by atoms with van der Waals surface area (Å²) in [6.07, 6.45) is 0.633. The van der Waals surface area contributed by atoms with Gasteiger partial charge in [-0.3, -0.25) is 0 Å². The standard InChI is InChI=1S/C11H17NO4S2/c1-8-11(3-4-16-8)12(2)18(14,15)10-5-9(6-13)17-7-10/h5,7-8,11,13H,3-4,6H2,1-2H3. The number of aliphatic hydroxyl groups is 1. The Kier molecular flexibility index (Phi) is 4.08. The number of thiophene rings is 1. The Morgan fingerprint density at radius 3 is 2.83 bits per heavy atom. The molecule has 7 heteroatoms. The van der Waals surface area contributed by atoms with Gasteiger partial charge in [0.1, 0.15) is 0 Å². The van der Waals surface area contributed by atoms with Gasteiger partial charge < -0.3 is 9.84 Å². The van der Waals surface area contributed by atoms with Crippen LogP contribution in [0.5, 0.6) is 0 Å². The first kappa shape index (κ1) is 14.0. The first-order valence-electron chi connectivity index (χ1n) is 5.74. The van der Waals surface area contributed by atoms with Crippen LogP contribution in [0.4, 0.5) is 0 Å². The van der Waals surface area contributed by atoms with E-state index in [0.717, 1.165) is 0 Å². The van der Waals surface area contributed by atoms with E-state index in [2.05, 4.69) is 0 Å². The predicted octanol–water partition coefficient (Wildman–Crippen LogP) is 1.04. The highest BCUT2D eigenvalue weighted by atomic mass is 32.2. The normalized spacial score (nSPS) is 24.9. The van der Waals surface area contributed by atoms with Crippen LogP contribution in [0.15, 0.2) is 16.3 Å². The summed E-state index contributed by atoms with van der Waals surface area (Å²) in [7, 11) is -1.91. The number of nitrogens with zero attached hydrogens (tertiary/aromatic N) is 1. The third-order valence-electron chi connectivity index (χ3n) is 3.27. The van der Waals surface area contributed by atoms with Gasteiger partial charge in [0.15, 0.2) is 0 Å². The van der Waals surface area contributed by atoms with Crippen LogP contribution in [0.2, 0.25) is 0 Å². The van der Waals surface area contributed by atoms with E-state index in [1.165, 1.54) is 21.7 Å². The first-order chi connectivity index (χ1) is 8.46. The Morgan fingerprint density at radius 1 is 1.61 bits per heavy atom. The van der Waals surface area contributed by atoms with Crippen molar-refractivity contribution in [2.45, 2.75) is 37.0 Å². The van der Waals surface area contributed by atoms with Gasteiger partial charge in [-0.1, -0.05) is 0 Å². The molecule has 0 spiro atoms. The molecule has 2 heterocycles. The van der Waals surface area contributed by atoms with Gasteiger partial charge in [0.05, 0.1) is 23.6 Å². The Labute approximate surface area is 111 Å². The van der Waals surface area contributed by atoms with Crippen molar-refractivity contribution in [2.24, 2.45) is 0 Å². The van der Waals surface area contributed by atoms with Gasteiger partial charge in [0.2, 0.25) is 10.0 Å². The summed E-state index contributed by atoms with van der Waals surface area (Å²) in [6.45, 7) is 2.35. The van der Waals surface area contributed by atoms with Crippen LogP contribution in [-0.4, -0.2) is 43.6 Å². The maximum Gasteiger partial charge on any atom is 0.243 e. The van der Waals surface area contributed by atoms with Gasteiger partial charge in [0, 0.05) is 23.9 Å². The van der Waals surface area contributed by atoms with E-state index in [1.807, 2.05) is 6.92 Å². The molecule has 2 atom stereocenters. The molecule has 0 aliphatic carbocycles. The minimum absolute atomic E-state index is 0.0827. The van der Waals surface area contributed by atoms with Gasteiger partial charge >= 0.3 is 0 Å². The third kappa shape index (κ3) is 2.46. The fourth-order valence-corrected chi connectivity index (χ4v) is 4.69. The summed E-state index contributed by atoms with van der Waals surface area (Å²) in [5.74, 6) is 0. The van der Waals surface area contributed by atoms with Crippen LogP contribution < -0.4 is 0 Å². The van der Waals surface area contributed by atoms with E-state index in [9.17, 15) is 8.42 Å². The fraction of sp³-hybridized carbons (Fsp3) is 0.636. The monoisotopic (exact) mass is 291 g/mol. The molecule has 1 fully saturated rings. The zero-order valence-electron chi connectivity index (χ0n) is 10.4. The van der Waals surface area contributed by atoms with Crippen molar-refractivity contribution >= 4 is 21.4 Å². The largest absolute Gasteiger partial charge is 0.391 e. The summed E-state index contributed by atoms with van der Waals surface area (Å²) >= 11 is 1.25. The second-order valence-electron chi connectivity index (χ2n) is 4.36. The highest BCUT2D eigenvalue weighted by molar-refractivity contribution is 7.89. The van der Waals surface area contributed by atoms with Crippen molar-refractivity contribution in [1.29, 1.82) is 0 Å². The summed E-state index contributed by atoms with van der Waals surface area (Å²) in [6, 6.07) is 1.41. The summed E-state index contributed by atoms with van der Waals surface area (Å²) in [5, 5.41) is 10.6. The van der Waals surface area contributed by atoms with Crippen molar-refractivity contribution in [3.8, 4) is 0 Å². The van der Waals surface area contributed by atoms with Crippen molar-refractivity contribution in [1.82, 2.24) is 4.31 Å². The smallest absolute Gasteiger partial charge is 0.243 e. The molecule has 0 saturated carbocycles. The van der Waals surface area contributed by atoms with Crippen molar-refractivity contribution in [2.75, 3.05) is 13.7 Å². The summed E-state index contributed by atoms with van der Waals surface area (Å²) < 4.78 is 31.6. The minimum Gasteiger partial charge on any atom is -0.391 e. The summed E-state index contributed by atoms with van der Waals surface area (Å²) in [4.78, 5) is 0.899. The molecule has 1 aliphatic rings. The average Bonchev–Trinajstić information content (AvgIpc) is 2.96. The van der Waals surface area contributed by atoms with Gasteiger partial charge in [-0.05, 0) is 19.4 Å². The molecule has 0 radical (unpaired) electrons. The maximum atomic E-state index is 12.4. The predicted molar refractivity (Wildman–Crippen MR) is 69.0 cm³/mol. The summed E-state index contributed by atoms with van der Waals surface area (Å²) in [5.41, 5.74) is 0. The van der Waals surface area contributed by atoms with E-state index in [4.69, 9.17) is 9.84 Å². The molecule has 1 N–H and O–H groups in total. The van der Waals surface area contributed by atoms with Crippen LogP contribution in [-0.2, 0) is 21.4 Å². The highest BCUT2D eigenvalue weighted by Gasteiger charge is 2.35. The lowest BCUT2D eigenvalue weighted by Gasteiger charge is -2.25. The zero-order chi connectivity index (χ0) is 13.3. The van der Waals surface area contributed by atoms with Crippen molar-refractivity contribution < 1.29 is 18.3 Å². The van der Waals surface area contributed by atoms with Gasteiger partial charge in [-0.2, -0.15) is 4.31 Å². The topological polar surface area (TPSA) is 66.8 Å². The van der Waals surface area contributed by atoms with Gasteiger partial charge in [-0.15, -0.1) is 11.3 Å². The van der Waals surface area contributed by atoms with Crippen LogP contribution in [0, 0.1) is 0 Å². The molecule has 102 valence electrons. The minimum atomic E-state index is -3.49. The molecule has 1 saturated heterocycles. The lowest BCUT2D eigenvalue weighted by molar-refractivity contribution is 0.102. The van der Waals surface area contributed by atoms with Gasteiger partial charge in [-0.25, -0.2) is 8.42 Å². The Hall–Kier alpha value is -0.470. The molecule has 1 aromatic heterocycles. The fourth-order valence-electron chi connectivity index (χ4n) is 2.12. The molecule has 5 nitrogen and oxygen atoms in total. The highest BCUT2D eigenvalue weighted by Crippen LogP contribution is 2.27. The van der Waals surface area contributed by atoms with Crippen LogP contribution in [0.25, 0.3) is 0 Å². The number of likely N-dealkylation sites (N-methyl/N-ethyl adjacent to an activating group) is 1. The molecule has 0 aromatic carbocycles. The van der Waals surface area contributed by atoms with Crippen LogP contribution in [0.3, 0.4) is 0 Å². The second-order valence-corrected chi connectivity index (χ2v) is 7.35. The van der Waals surface area contributed by atoms with E-state index < -0.39 is 10.0 Å². The van der Waals surface area contributed by atoms with E-state index in [-0.39, 0.29) is 23.6 Å². The Bertz CT molecular complexity index is 511. The lowest BCUT2D eigenvalue weighted by Crippen LogP contribution is -2.40. The molecule has 2 rings (SSSR count). The Balaban J connectivity index is 2.24. The van der Waals surface area contributed by atoms with Crippen molar-refractivity contribution in [3.63, 3.8) is 0 Å². The molecular weight excluding hydrogens is 274 g/mol. The van der Waals surface area contributed by atoms with Gasteiger partial charge in [0.25, 0.3) is 0 Å². The number of aliphatic hydroxyl groups excluding tert-OH is 1. The molecule has 0 amide bonds. The van der Waals surface area contributed by atoms with E-state index in [0.29, 0.717) is 17.9 Å². The van der Waals surface area contributed by atoms with Crippen LogP contribution in [0.1, 0.15) is 18.2 Å². The molecular formula is C11H17NO4S2. The number of rotatable bonds is 4. The SMILES string of the molecule is CC1OCCC1N(C)S(=O)(=O)c1csc(CO)c1. The molecule has 1 aromatic rings. The molecule has 1 aliphatic heterocycles. The second kappa shape index (κ2) is 5.26. The first-order valence-corrected chi connectivity index (χ1v) is 8.06. The average molecular weight is 291 g/mol. The molecule has 2 unspecified atom stereocenters. The van der Waals surface area contributed by atoms with E-state index >= 15 is 0 Å². The molecule has 0 bridgehead atoms. The lowest BCUT2D eigenvalue weighted by atomic mass is 10.2. The zero-order valence-corrected chi connectivity index (χ0v) is 12.0. The van der Waals surface area contributed by atoms with Crippen LogP contribution >= 0.6 is 11.3 Å². The number of ether oxygens (including phenoxy) is 1. The number of hydrogen-bond acceptors (Lipinski definition) is 5. The van der Waals surface area contributed by atoms with E-state index in [1.54, 1.807) is 12.4 Å². The quantitative estimate of drug-likeness (QED) is 0.900. The maximum absolute atomic E-state index is 12.4.